The Hall–Kier alpha value is -8.20. The molecule has 0 radical (unpaired) electrons. The highest BCUT2D eigenvalue weighted by Gasteiger charge is 2.51. The zero-order valence-electron chi connectivity index (χ0n) is 34.4. The molecule has 0 saturated heterocycles. The minimum atomic E-state index is -0.676. The van der Waals surface area contributed by atoms with Gasteiger partial charge >= 0.3 is 0 Å². The molecule has 0 amide bonds. The SMILES string of the molecule is C1=CC2(C3=Cc4ccccc4C3=C1)C1=Cc3ccccc3C1=CC=C2N(c1ccccc1-c1ccccc1)c1cccc(-c2ccccc2)c1-c1cccc2oc3ccccc3c12. The second-order valence-corrected chi connectivity index (χ2v) is 16.7. The van der Waals surface area contributed by atoms with Crippen LogP contribution in [0.1, 0.15) is 22.3 Å². The fourth-order valence-electron chi connectivity index (χ4n) is 10.8. The number of anilines is 2. The standard InChI is InChI=1S/C61H39NO/c1-3-18-40(19-4-1)46-26-11-13-31-54(46)62(55-32-15-28-47(41-20-5-2-6-21-41)59(55)51-29-16-34-57-60(51)50-27-12-14-33-56(50)63-57)58-36-35-49-45-25-10-8-23-43(45)39-53(49)61(58)37-17-30-48-44-24-9-7-22-42(44)38-52(48)61/h1-39H. The number of benzene rings is 8. The van der Waals surface area contributed by atoms with E-state index in [1.165, 1.54) is 44.5 Å². The molecule has 9 aromatic rings. The molecule has 1 heterocycles. The molecule has 4 aliphatic rings. The Bertz CT molecular complexity index is 3530. The first kappa shape index (κ1) is 35.5. The van der Waals surface area contributed by atoms with Gasteiger partial charge in [-0.1, -0.05) is 194 Å². The average Bonchev–Trinajstić information content (AvgIpc) is 4.06. The second-order valence-electron chi connectivity index (χ2n) is 16.7. The first-order valence-corrected chi connectivity index (χ1v) is 21.8. The Morgan fingerprint density at radius 3 is 1.68 bits per heavy atom. The Labute approximate surface area is 366 Å². The molecule has 1 spiro atoms. The molecule has 0 N–H and O–H groups in total. The van der Waals surface area contributed by atoms with Crippen LogP contribution >= 0.6 is 0 Å². The summed E-state index contributed by atoms with van der Waals surface area (Å²) in [7, 11) is 0. The third-order valence-electron chi connectivity index (χ3n) is 13.5. The van der Waals surface area contributed by atoms with Gasteiger partial charge in [0.25, 0.3) is 0 Å². The summed E-state index contributed by atoms with van der Waals surface area (Å²) >= 11 is 0. The van der Waals surface area contributed by atoms with Crippen LogP contribution in [-0.4, -0.2) is 0 Å². The molecule has 0 saturated carbocycles. The molecule has 2 nitrogen and oxygen atoms in total. The van der Waals surface area contributed by atoms with Crippen LogP contribution in [0.15, 0.2) is 246 Å². The minimum Gasteiger partial charge on any atom is -0.456 e. The van der Waals surface area contributed by atoms with E-state index in [-0.39, 0.29) is 0 Å². The largest absolute Gasteiger partial charge is 0.456 e. The highest BCUT2D eigenvalue weighted by atomic mass is 16.3. The van der Waals surface area contributed by atoms with Crippen LogP contribution in [0.25, 0.3) is 78.6 Å². The van der Waals surface area contributed by atoms with E-state index in [1.54, 1.807) is 0 Å². The van der Waals surface area contributed by atoms with Gasteiger partial charge in [-0.2, -0.15) is 0 Å². The highest BCUT2D eigenvalue weighted by molar-refractivity contribution is 6.16. The fraction of sp³-hybridized carbons (Fsp3) is 0.0164. The molecule has 0 bridgehead atoms. The van der Waals surface area contributed by atoms with Crippen LogP contribution in [-0.2, 0) is 0 Å². The maximum Gasteiger partial charge on any atom is 0.136 e. The molecule has 2 heteroatoms. The number of allylic oxidation sites excluding steroid dienone is 7. The van der Waals surface area contributed by atoms with Gasteiger partial charge in [-0.15, -0.1) is 0 Å². The maximum atomic E-state index is 6.62. The van der Waals surface area contributed by atoms with E-state index in [2.05, 4.69) is 242 Å². The summed E-state index contributed by atoms with van der Waals surface area (Å²) in [6.45, 7) is 0. The van der Waals surface area contributed by atoms with Crippen molar-refractivity contribution in [1.29, 1.82) is 0 Å². The summed E-state index contributed by atoms with van der Waals surface area (Å²) in [5.41, 5.74) is 21.4. The van der Waals surface area contributed by atoms with Crippen molar-refractivity contribution in [2.45, 2.75) is 0 Å². The van der Waals surface area contributed by atoms with E-state index in [9.17, 15) is 0 Å². The molecule has 1 unspecified atom stereocenters. The summed E-state index contributed by atoms with van der Waals surface area (Å²) in [4.78, 5) is 2.60. The number of rotatable bonds is 6. The van der Waals surface area contributed by atoms with E-state index < -0.39 is 5.41 Å². The smallest absolute Gasteiger partial charge is 0.136 e. The normalized spacial score (nSPS) is 16.7. The van der Waals surface area contributed by atoms with Gasteiger partial charge in [-0.05, 0) is 109 Å². The average molecular weight is 802 g/mol. The zero-order valence-corrected chi connectivity index (χ0v) is 34.4. The molecule has 63 heavy (non-hydrogen) atoms. The van der Waals surface area contributed by atoms with Crippen molar-refractivity contribution in [2.75, 3.05) is 4.90 Å². The van der Waals surface area contributed by atoms with Gasteiger partial charge in [0.05, 0.1) is 16.8 Å². The van der Waals surface area contributed by atoms with E-state index in [4.69, 9.17) is 4.42 Å². The third-order valence-corrected chi connectivity index (χ3v) is 13.5. The van der Waals surface area contributed by atoms with E-state index >= 15 is 0 Å². The second kappa shape index (κ2) is 13.9. The third kappa shape index (κ3) is 5.25. The van der Waals surface area contributed by atoms with Gasteiger partial charge in [0.2, 0.25) is 0 Å². The van der Waals surface area contributed by atoms with Crippen molar-refractivity contribution in [3.05, 3.63) is 264 Å². The minimum absolute atomic E-state index is 0.676. The Morgan fingerprint density at radius 1 is 0.397 bits per heavy atom. The van der Waals surface area contributed by atoms with Gasteiger partial charge in [-0.25, -0.2) is 0 Å². The van der Waals surface area contributed by atoms with E-state index in [0.29, 0.717) is 0 Å². The molecule has 8 aromatic carbocycles. The summed E-state index contributed by atoms with van der Waals surface area (Å²) in [6.07, 6.45) is 16.8. The number of furan rings is 1. The number of nitrogens with zero attached hydrogens (tertiary/aromatic N) is 1. The molecule has 0 fully saturated rings. The number of fused-ring (bicyclic) bond motifs is 11. The lowest BCUT2D eigenvalue weighted by Gasteiger charge is -2.47. The van der Waals surface area contributed by atoms with Crippen molar-refractivity contribution >= 4 is 56.6 Å². The van der Waals surface area contributed by atoms with Gasteiger partial charge in [0.1, 0.15) is 11.2 Å². The number of hydrogen-bond acceptors (Lipinski definition) is 2. The number of para-hydroxylation sites is 2. The first-order chi connectivity index (χ1) is 31.3. The summed E-state index contributed by atoms with van der Waals surface area (Å²) in [6, 6.07) is 70.2. The monoisotopic (exact) mass is 801 g/mol. The molecule has 1 atom stereocenters. The molecule has 4 aliphatic carbocycles. The Kier molecular flexibility index (Phi) is 7.85. The van der Waals surface area contributed by atoms with Crippen molar-refractivity contribution in [1.82, 2.24) is 0 Å². The quantitative estimate of drug-likeness (QED) is 0.167. The molecular weight excluding hydrogens is 763 g/mol. The molecular formula is C61H39NO. The zero-order chi connectivity index (χ0) is 41.5. The van der Waals surface area contributed by atoms with Crippen LogP contribution in [0.4, 0.5) is 11.4 Å². The van der Waals surface area contributed by atoms with Gasteiger partial charge < -0.3 is 9.32 Å². The topological polar surface area (TPSA) is 16.4 Å². The molecule has 294 valence electrons. The van der Waals surface area contributed by atoms with E-state index in [1.807, 2.05) is 0 Å². The lowest BCUT2D eigenvalue weighted by atomic mass is 9.63. The molecule has 0 aliphatic heterocycles. The van der Waals surface area contributed by atoms with Crippen LogP contribution in [0, 0.1) is 5.41 Å². The lowest BCUT2D eigenvalue weighted by Crippen LogP contribution is -2.37. The van der Waals surface area contributed by atoms with Crippen molar-refractivity contribution in [2.24, 2.45) is 5.41 Å². The van der Waals surface area contributed by atoms with E-state index in [0.717, 1.165) is 72.4 Å². The number of hydrogen-bond donors (Lipinski definition) is 0. The van der Waals surface area contributed by atoms with Crippen LogP contribution < -0.4 is 4.90 Å². The predicted octanol–water partition coefficient (Wildman–Crippen LogP) is 16.1. The predicted molar refractivity (Wildman–Crippen MR) is 263 cm³/mol. The summed E-state index contributed by atoms with van der Waals surface area (Å²) < 4.78 is 6.62. The summed E-state index contributed by atoms with van der Waals surface area (Å²) in [5.74, 6) is 0. The van der Waals surface area contributed by atoms with Crippen molar-refractivity contribution < 1.29 is 4.42 Å². The molecule has 13 rings (SSSR count). The summed E-state index contributed by atoms with van der Waals surface area (Å²) in [5, 5.41) is 2.20. The lowest BCUT2D eigenvalue weighted by molar-refractivity contribution is 0.669. The maximum absolute atomic E-state index is 6.62. The Morgan fingerprint density at radius 2 is 0.937 bits per heavy atom. The van der Waals surface area contributed by atoms with Crippen molar-refractivity contribution in [3.8, 4) is 33.4 Å². The fourth-order valence-corrected chi connectivity index (χ4v) is 10.8. The first-order valence-electron chi connectivity index (χ1n) is 21.8. The Balaban J connectivity index is 1.18. The molecule has 1 aromatic heterocycles. The van der Waals surface area contributed by atoms with Crippen LogP contribution in [0.3, 0.4) is 0 Å². The van der Waals surface area contributed by atoms with Gasteiger partial charge in [0, 0.05) is 27.6 Å². The van der Waals surface area contributed by atoms with Gasteiger partial charge in [0.15, 0.2) is 0 Å². The van der Waals surface area contributed by atoms with Gasteiger partial charge in [-0.3, -0.25) is 0 Å². The van der Waals surface area contributed by atoms with Crippen LogP contribution in [0.5, 0.6) is 0 Å². The highest BCUT2D eigenvalue weighted by Crippen LogP contribution is 2.64. The van der Waals surface area contributed by atoms with Crippen molar-refractivity contribution in [3.63, 3.8) is 0 Å². The van der Waals surface area contributed by atoms with Crippen LogP contribution in [0.2, 0.25) is 0 Å².